The molecule has 0 aromatic carbocycles. The van der Waals surface area contributed by atoms with E-state index in [4.69, 9.17) is 0 Å². The van der Waals surface area contributed by atoms with Crippen molar-refractivity contribution in [2.24, 2.45) is 11.0 Å². The van der Waals surface area contributed by atoms with Gasteiger partial charge in [-0.05, 0) is 12.3 Å². The average Bonchev–Trinajstić information content (AvgIpc) is 1.63. The van der Waals surface area contributed by atoms with E-state index < -0.39 is 0 Å². The molecule has 0 saturated heterocycles. The van der Waals surface area contributed by atoms with Crippen LogP contribution in [0.5, 0.6) is 0 Å². The minimum atomic E-state index is 0.631. The van der Waals surface area contributed by atoms with E-state index in [9.17, 15) is 0 Å². The molecule has 0 aliphatic carbocycles. The Kier molecular flexibility index (Phi) is 3.76. The fourth-order valence-corrected chi connectivity index (χ4v) is 0.650. The van der Waals surface area contributed by atoms with Crippen LogP contribution in [0.3, 0.4) is 0 Å². The molecule has 2 heteroatoms. The molecule has 0 rings (SSSR count). The molecule has 0 amide bonds. The van der Waals surface area contributed by atoms with Crippen molar-refractivity contribution in [3.63, 3.8) is 0 Å². The van der Waals surface area contributed by atoms with E-state index in [-0.39, 0.29) is 0 Å². The van der Waals surface area contributed by atoms with Crippen LogP contribution in [0.4, 0.5) is 0 Å². The summed E-state index contributed by atoms with van der Waals surface area (Å²) in [7, 11) is 0. The summed E-state index contributed by atoms with van der Waals surface area (Å²) in [6.45, 7) is 11.3. The van der Waals surface area contributed by atoms with Crippen molar-refractivity contribution < 1.29 is 0 Å². The highest BCUT2D eigenvalue weighted by Gasteiger charge is 1.94. The van der Waals surface area contributed by atoms with E-state index in [2.05, 4.69) is 37.7 Å². The zero-order valence-corrected chi connectivity index (χ0v) is 6.15. The molecule has 2 nitrogen and oxygen atoms in total. The molecule has 0 radical (unpaired) electrons. The first-order chi connectivity index (χ1) is 4.16. The van der Waals surface area contributed by atoms with Crippen LogP contribution in [0.15, 0.2) is 17.4 Å². The standard InChI is InChI=1S/C7H14N2/c1-6(2)5-7(3)9-8-4/h6,9H,3-5H2,1-2H3. The average molecular weight is 126 g/mol. The predicted molar refractivity (Wildman–Crippen MR) is 41.3 cm³/mol. The molecular weight excluding hydrogens is 112 g/mol. The van der Waals surface area contributed by atoms with Crippen molar-refractivity contribution in [2.45, 2.75) is 20.3 Å². The summed E-state index contributed by atoms with van der Waals surface area (Å²) in [5.74, 6) is 0.631. The lowest BCUT2D eigenvalue weighted by molar-refractivity contribution is 0.612. The van der Waals surface area contributed by atoms with E-state index in [1.165, 1.54) is 0 Å². The quantitative estimate of drug-likeness (QED) is 0.450. The fraction of sp³-hybridized carbons (Fsp3) is 0.571. The van der Waals surface area contributed by atoms with E-state index in [1.54, 1.807) is 0 Å². The smallest absolute Gasteiger partial charge is 0.0266 e. The second kappa shape index (κ2) is 4.13. The van der Waals surface area contributed by atoms with Gasteiger partial charge in [0, 0.05) is 12.4 Å². The molecule has 0 aromatic heterocycles. The molecular formula is C7H14N2. The first kappa shape index (κ1) is 8.21. The van der Waals surface area contributed by atoms with Gasteiger partial charge < -0.3 is 0 Å². The lowest BCUT2D eigenvalue weighted by Gasteiger charge is -2.05. The highest BCUT2D eigenvalue weighted by molar-refractivity contribution is 5.23. The number of hydrogen-bond donors (Lipinski definition) is 1. The molecule has 0 aliphatic heterocycles. The maximum Gasteiger partial charge on any atom is 0.0266 e. The summed E-state index contributed by atoms with van der Waals surface area (Å²) in [4.78, 5) is 0. The van der Waals surface area contributed by atoms with Crippen molar-refractivity contribution in [1.82, 2.24) is 5.43 Å². The Morgan fingerprint density at radius 3 is 2.56 bits per heavy atom. The highest BCUT2D eigenvalue weighted by atomic mass is 15.3. The molecule has 0 fully saturated rings. The predicted octanol–water partition coefficient (Wildman–Crippen LogP) is 1.75. The second-order valence-electron chi connectivity index (χ2n) is 2.47. The number of rotatable bonds is 4. The van der Waals surface area contributed by atoms with Crippen LogP contribution in [-0.4, -0.2) is 6.72 Å². The van der Waals surface area contributed by atoms with Gasteiger partial charge in [0.25, 0.3) is 0 Å². The summed E-state index contributed by atoms with van der Waals surface area (Å²) >= 11 is 0. The highest BCUT2D eigenvalue weighted by Crippen LogP contribution is 2.04. The number of allylic oxidation sites excluding steroid dienone is 1. The van der Waals surface area contributed by atoms with Crippen molar-refractivity contribution >= 4 is 6.72 Å². The largest absolute Gasteiger partial charge is 0.284 e. The third kappa shape index (κ3) is 5.07. The molecule has 9 heavy (non-hydrogen) atoms. The number of hydrogen-bond acceptors (Lipinski definition) is 2. The lowest BCUT2D eigenvalue weighted by Crippen LogP contribution is -2.05. The number of nitrogens with zero attached hydrogens (tertiary/aromatic N) is 1. The summed E-state index contributed by atoms with van der Waals surface area (Å²) in [5, 5.41) is 3.49. The van der Waals surface area contributed by atoms with Gasteiger partial charge in [-0.2, -0.15) is 5.10 Å². The zero-order valence-electron chi connectivity index (χ0n) is 6.15. The van der Waals surface area contributed by atoms with Crippen LogP contribution in [0.1, 0.15) is 20.3 Å². The first-order valence-corrected chi connectivity index (χ1v) is 3.06. The second-order valence-corrected chi connectivity index (χ2v) is 2.47. The van der Waals surface area contributed by atoms with Crippen LogP contribution < -0.4 is 5.43 Å². The van der Waals surface area contributed by atoms with Crippen molar-refractivity contribution in [1.29, 1.82) is 0 Å². The molecule has 0 bridgehead atoms. The van der Waals surface area contributed by atoms with Gasteiger partial charge in [-0.15, -0.1) is 0 Å². The molecule has 0 aromatic rings. The van der Waals surface area contributed by atoms with Crippen LogP contribution in [0.2, 0.25) is 0 Å². The van der Waals surface area contributed by atoms with Crippen LogP contribution in [-0.2, 0) is 0 Å². The summed E-state index contributed by atoms with van der Waals surface area (Å²) in [6, 6.07) is 0. The number of hydrazone groups is 1. The van der Waals surface area contributed by atoms with Gasteiger partial charge in [-0.1, -0.05) is 20.4 Å². The van der Waals surface area contributed by atoms with Gasteiger partial charge in [0.15, 0.2) is 0 Å². The summed E-state index contributed by atoms with van der Waals surface area (Å²) in [6.07, 6.45) is 0.957. The van der Waals surface area contributed by atoms with Crippen molar-refractivity contribution in [3.05, 3.63) is 12.3 Å². The van der Waals surface area contributed by atoms with Gasteiger partial charge in [0.1, 0.15) is 0 Å². The van der Waals surface area contributed by atoms with E-state index in [0.29, 0.717) is 5.92 Å². The number of nitrogens with one attached hydrogen (secondary N) is 1. The molecule has 52 valence electrons. The van der Waals surface area contributed by atoms with Gasteiger partial charge in [0.05, 0.1) is 0 Å². The topological polar surface area (TPSA) is 24.4 Å². The molecule has 0 heterocycles. The van der Waals surface area contributed by atoms with Gasteiger partial charge in [-0.3, -0.25) is 5.43 Å². The van der Waals surface area contributed by atoms with Crippen LogP contribution in [0.25, 0.3) is 0 Å². The SMILES string of the molecule is C=NNC(=C)CC(C)C. The third-order valence-electron chi connectivity index (χ3n) is 0.892. The molecule has 1 N–H and O–H groups in total. The first-order valence-electron chi connectivity index (χ1n) is 3.06. The van der Waals surface area contributed by atoms with Gasteiger partial charge in [0.2, 0.25) is 0 Å². The van der Waals surface area contributed by atoms with Gasteiger partial charge >= 0.3 is 0 Å². The summed E-state index contributed by atoms with van der Waals surface area (Å²) < 4.78 is 0. The minimum Gasteiger partial charge on any atom is -0.284 e. The molecule has 0 aliphatic rings. The van der Waals surface area contributed by atoms with Gasteiger partial charge in [-0.25, -0.2) is 0 Å². The maximum atomic E-state index is 3.74. The fourth-order valence-electron chi connectivity index (χ4n) is 0.650. The Balaban J connectivity index is 3.38. The zero-order chi connectivity index (χ0) is 7.28. The minimum absolute atomic E-state index is 0.631. The molecule has 0 saturated carbocycles. The summed E-state index contributed by atoms with van der Waals surface area (Å²) in [5.41, 5.74) is 3.63. The Morgan fingerprint density at radius 1 is 1.67 bits per heavy atom. The van der Waals surface area contributed by atoms with E-state index in [0.717, 1.165) is 12.1 Å². The third-order valence-corrected chi connectivity index (χ3v) is 0.892. The van der Waals surface area contributed by atoms with E-state index in [1.807, 2.05) is 0 Å². The molecule has 0 unspecified atom stereocenters. The van der Waals surface area contributed by atoms with Crippen molar-refractivity contribution in [2.75, 3.05) is 0 Å². The van der Waals surface area contributed by atoms with Crippen LogP contribution in [0, 0.1) is 5.92 Å². The normalized spacial score (nSPS) is 9.22. The Bertz CT molecular complexity index is 105. The lowest BCUT2D eigenvalue weighted by atomic mass is 10.1. The molecule has 0 atom stereocenters. The Labute approximate surface area is 56.7 Å². The monoisotopic (exact) mass is 126 g/mol. The molecule has 0 spiro atoms. The van der Waals surface area contributed by atoms with Crippen LogP contribution >= 0.6 is 0 Å². The van der Waals surface area contributed by atoms with E-state index >= 15 is 0 Å². The Hall–Kier alpha value is -0.790. The Morgan fingerprint density at radius 2 is 2.22 bits per heavy atom. The van der Waals surface area contributed by atoms with Crippen molar-refractivity contribution in [3.8, 4) is 0 Å². The maximum absolute atomic E-state index is 3.74.